The molecule has 0 radical (unpaired) electrons. The van der Waals surface area contributed by atoms with Crippen molar-refractivity contribution in [1.29, 1.82) is 0 Å². The summed E-state index contributed by atoms with van der Waals surface area (Å²) in [5, 5.41) is 2.70. The Labute approximate surface area is 170 Å². The molecule has 2 fully saturated rings. The van der Waals surface area contributed by atoms with Crippen molar-refractivity contribution in [3.8, 4) is 5.75 Å². The number of rotatable bonds is 7. The number of ether oxygens (including phenoxy) is 1. The highest BCUT2D eigenvalue weighted by molar-refractivity contribution is 6.45. The first-order valence-electron chi connectivity index (χ1n) is 10.0. The number of hydrogen-bond acceptors (Lipinski definition) is 5. The zero-order valence-electron chi connectivity index (χ0n) is 16.8. The first-order chi connectivity index (χ1) is 13.9. The molecule has 5 amide bonds. The maximum atomic E-state index is 12.7. The van der Waals surface area contributed by atoms with E-state index in [4.69, 9.17) is 4.74 Å². The third kappa shape index (κ3) is 4.58. The largest absolute Gasteiger partial charge is 0.497 e. The van der Waals surface area contributed by atoms with Crippen molar-refractivity contribution in [3.05, 3.63) is 29.8 Å². The van der Waals surface area contributed by atoms with E-state index < -0.39 is 30.3 Å². The van der Waals surface area contributed by atoms with Gasteiger partial charge < -0.3 is 10.1 Å². The third-order valence-corrected chi connectivity index (χ3v) is 5.68. The summed E-state index contributed by atoms with van der Waals surface area (Å²) in [6, 6.07) is 6.54. The molecule has 1 heterocycles. The summed E-state index contributed by atoms with van der Waals surface area (Å²) in [4.78, 5) is 51.4. The van der Waals surface area contributed by atoms with Crippen LogP contribution >= 0.6 is 0 Å². The van der Waals surface area contributed by atoms with Gasteiger partial charge in [-0.3, -0.25) is 19.3 Å². The van der Waals surface area contributed by atoms with Gasteiger partial charge in [-0.05, 0) is 42.9 Å². The van der Waals surface area contributed by atoms with E-state index in [0.717, 1.165) is 40.4 Å². The van der Waals surface area contributed by atoms with Gasteiger partial charge >= 0.3 is 17.8 Å². The summed E-state index contributed by atoms with van der Waals surface area (Å²) >= 11 is 0. The van der Waals surface area contributed by atoms with Gasteiger partial charge in [0, 0.05) is 12.6 Å². The van der Waals surface area contributed by atoms with Gasteiger partial charge in [0.25, 0.3) is 0 Å². The lowest BCUT2D eigenvalue weighted by Gasteiger charge is -2.34. The van der Waals surface area contributed by atoms with E-state index in [-0.39, 0.29) is 12.0 Å². The van der Waals surface area contributed by atoms with E-state index >= 15 is 0 Å². The van der Waals surface area contributed by atoms with Crippen LogP contribution in [0, 0.1) is 5.92 Å². The molecule has 1 aromatic carbocycles. The Kier molecular flexibility index (Phi) is 6.51. The topological polar surface area (TPSA) is 96.0 Å². The molecule has 0 spiro atoms. The lowest BCUT2D eigenvalue weighted by atomic mass is 9.85. The Bertz CT molecular complexity index is 792. The molecule has 0 unspecified atom stereocenters. The van der Waals surface area contributed by atoms with Crippen LogP contribution < -0.4 is 10.1 Å². The van der Waals surface area contributed by atoms with E-state index in [1.165, 1.54) is 0 Å². The predicted octanol–water partition coefficient (Wildman–Crippen LogP) is 1.72. The molecule has 1 aliphatic heterocycles. The Morgan fingerprint density at radius 3 is 2.45 bits per heavy atom. The minimum atomic E-state index is -0.918. The fourth-order valence-corrected chi connectivity index (χ4v) is 3.97. The van der Waals surface area contributed by atoms with Crippen LogP contribution in [0.3, 0.4) is 0 Å². The minimum absolute atomic E-state index is 0.155. The molecule has 1 saturated heterocycles. The van der Waals surface area contributed by atoms with E-state index in [1.54, 1.807) is 7.11 Å². The van der Waals surface area contributed by atoms with Crippen LogP contribution in [0.25, 0.3) is 0 Å². The van der Waals surface area contributed by atoms with Crippen molar-refractivity contribution in [1.82, 2.24) is 15.1 Å². The first-order valence-corrected chi connectivity index (χ1v) is 10.0. The quantitative estimate of drug-likeness (QED) is 0.554. The number of amides is 5. The fourth-order valence-electron chi connectivity index (χ4n) is 3.97. The van der Waals surface area contributed by atoms with Crippen molar-refractivity contribution >= 4 is 23.8 Å². The number of carbonyl (C=O) groups excluding carboxylic acids is 4. The number of methoxy groups -OCH3 is 1. The van der Waals surface area contributed by atoms with Crippen LogP contribution in [0.4, 0.5) is 4.79 Å². The van der Waals surface area contributed by atoms with Gasteiger partial charge in [0.2, 0.25) is 5.91 Å². The summed E-state index contributed by atoms with van der Waals surface area (Å²) in [5.74, 6) is -1.29. The zero-order chi connectivity index (χ0) is 21.0. The maximum absolute atomic E-state index is 12.7. The van der Waals surface area contributed by atoms with Crippen LogP contribution in [-0.2, 0) is 20.8 Å². The van der Waals surface area contributed by atoms with Gasteiger partial charge in [-0.25, -0.2) is 9.69 Å². The summed E-state index contributed by atoms with van der Waals surface area (Å²) in [6.07, 6.45) is 4.20. The number of hydrogen-bond donors (Lipinski definition) is 1. The monoisotopic (exact) mass is 401 g/mol. The number of nitrogens with zero attached hydrogens (tertiary/aromatic N) is 2. The van der Waals surface area contributed by atoms with Crippen LogP contribution in [0.15, 0.2) is 24.3 Å². The second-order valence-electron chi connectivity index (χ2n) is 7.63. The van der Waals surface area contributed by atoms with Crippen LogP contribution in [-0.4, -0.2) is 59.8 Å². The molecule has 156 valence electrons. The normalized spacial score (nSPS) is 22.2. The molecule has 0 aromatic heterocycles. The number of nitrogens with one attached hydrogen (secondary N) is 1. The Balaban J connectivity index is 1.53. The first kappa shape index (κ1) is 20.8. The average molecular weight is 401 g/mol. The van der Waals surface area contributed by atoms with Gasteiger partial charge in [-0.1, -0.05) is 31.9 Å². The molecule has 1 saturated carbocycles. The number of carbonyl (C=O) groups is 4. The van der Waals surface area contributed by atoms with E-state index in [1.807, 2.05) is 31.2 Å². The zero-order valence-corrected chi connectivity index (χ0v) is 16.8. The Morgan fingerprint density at radius 1 is 1.10 bits per heavy atom. The standard InChI is InChI=1S/C21H27N3O5/c1-14-5-3-4-6-17(14)24-20(27)19(26)23(21(24)28)13-18(25)22-12-11-15-7-9-16(29-2)10-8-15/h7-10,14,17H,3-6,11-13H2,1-2H3,(H,22,25)/t14-,17-/m0/s1. The summed E-state index contributed by atoms with van der Waals surface area (Å²) in [7, 11) is 1.59. The average Bonchev–Trinajstić information content (AvgIpc) is 2.92. The highest BCUT2D eigenvalue weighted by Crippen LogP contribution is 2.31. The summed E-state index contributed by atoms with van der Waals surface area (Å²) in [6.45, 7) is 1.91. The molecule has 2 atom stereocenters. The van der Waals surface area contributed by atoms with Gasteiger partial charge in [0.15, 0.2) is 0 Å². The highest BCUT2D eigenvalue weighted by atomic mass is 16.5. The summed E-state index contributed by atoms with van der Waals surface area (Å²) in [5.41, 5.74) is 1.02. The van der Waals surface area contributed by atoms with Gasteiger partial charge in [0.05, 0.1) is 7.11 Å². The van der Waals surface area contributed by atoms with E-state index in [2.05, 4.69) is 5.32 Å². The summed E-state index contributed by atoms with van der Waals surface area (Å²) < 4.78 is 5.10. The van der Waals surface area contributed by atoms with E-state index in [0.29, 0.717) is 19.4 Å². The van der Waals surface area contributed by atoms with Crippen molar-refractivity contribution in [2.24, 2.45) is 5.92 Å². The van der Waals surface area contributed by atoms with Gasteiger partial charge in [0.1, 0.15) is 12.3 Å². The molecule has 2 aliphatic rings. The van der Waals surface area contributed by atoms with Gasteiger partial charge in [-0.2, -0.15) is 0 Å². The molecule has 1 aromatic rings. The number of imide groups is 2. The SMILES string of the molecule is COc1ccc(CCNC(=O)CN2C(=O)C(=O)N([C@H]3CCCC[C@@H]3C)C2=O)cc1. The molecule has 8 nitrogen and oxygen atoms in total. The van der Waals surface area contributed by atoms with Crippen molar-refractivity contribution in [3.63, 3.8) is 0 Å². The molecule has 1 N–H and O–H groups in total. The lowest BCUT2D eigenvalue weighted by molar-refractivity contribution is -0.145. The van der Waals surface area contributed by atoms with Crippen LogP contribution in [0.2, 0.25) is 0 Å². The minimum Gasteiger partial charge on any atom is -0.497 e. The fraction of sp³-hybridized carbons (Fsp3) is 0.524. The molecule has 1 aliphatic carbocycles. The Hall–Kier alpha value is -2.90. The van der Waals surface area contributed by atoms with Crippen LogP contribution in [0.1, 0.15) is 38.2 Å². The van der Waals surface area contributed by atoms with Crippen molar-refractivity contribution < 1.29 is 23.9 Å². The molecular weight excluding hydrogens is 374 g/mol. The number of urea groups is 1. The van der Waals surface area contributed by atoms with Crippen molar-refractivity contribution in [2.45, 2.75) is 45.1 Å². The van der Waals surface area contributed by atoms with Crippen molar-refractivity contribution in [2.75, 3.05) is 20.2 Å². The molecule has 8 heteroatoms. The second kappa shape index (κ2) is 9.07. The van der Waals surface area contributed by atoms with Crippen LogP contribution in [0.5, 0.6) is 5.75 Å². The smallest absolute Gasteiger partial charge is 0.334 e. The number of benzene rings is 1. The highest BCUT2D eigenvalue weighted by Gasteiger charge is 2.49. The Morgan fingerprint density at radius 2 is 1.79 bits per heavy atom. The third-order valence-electron chi connectivity index (χ3n) is 5.68. The predicted molar refractivity (Wildman–Crippen MR) is 105 cm³/mol. The maximum Gasteiger partial charge on any atom is 0.334 e. The van der Waals surface area contributed by atoms with E-state index in [9.17, 15) is 19.2 Å². The lowest BCUT2D eigenvalue weighted by Crippen LogP contribution is -2.47. The second-order valence-corrected chi connectivity index (χ2v) is 7.63. The van der Waals surface area contributed by atoms with Gasteiger partial charge in [-0.15, -0.1) is 0 Å². The molecular formula is C21H27N3O5. The molecule has 0 bridgehead atoms. The molecule has 3 rings (SSSR count). The molecule has 29 heavy (non-hydrogen) atoms.